The van der Waals surface area contributed by atoms with Crippen molar-refractivity contribution in [1.29, 1.82) is 0 Å². The Morgan fingerprint density at radius 3 is 2.67 bits per heavy atom. The van der Waals surface area contributed by atoms with E-state index in [-0.39, 0.29) is 30.4 Å². The second-order valence-electron chi connectivity index (χ2n) is 6.55. The molecule has 1 saturated heterocycles. The van der Waals surface area contributed by atoms with Gasteiger partial charge in [-0.15, -0.1) is 0 Å². The molecule has 138 valence electrons. The van der Waals surface area contributed by atoms with E-state index in [2.05, 4.69) is 21.2 Å². The van der Waals surface area contributed by atoms with Crippen LogP contribution in [0, 0.1) is 0 Å². The minimum atomic E-state index is -0.345. The van der Waals surface area contributed by atoms with Crippen LogP contribution in [0.25, 0.3) is 0 Å². The number of nitrogens with zero attached hydrogens (tertiary/aromatic N) is 1. The third kappa shape index (κ3) is 3.40. The van der Waals surface area contributed by atoms with E-state index in [1.165, 1.54) is 4.90 Å². The molecule has 2 aromatic carbocycles. The molecule has 1 atom stereocenters. The molecule has 3 amide bonds. The zero-order valence-corrected chi connectivity index (χ0v) is 16.0. The fourth-order valence-corrected chi connectivity index (χ4v) is 3.83. The van der Waals surface area contributed by atoms with Gasteiger partial charge in [0.2, 0.25) is 0 Å². The van der Waals surface area contributed by atoms with Crippen LogP contribution < -0.4 is 5.32 Å². The summed E-state index contributed by atoms with van der Waals surface area (Å²) in [4.78, 5) is 38.9. The van der Waals surface area contributed by atoms with Crippen molar-refractivity contribution in [2.45, 2.75) is 18.9 Å². The van der Waals surface area contributed by atoms with Gasteiger partial charge in [0.05, 0.1) is 29.3 Å². The van der Waals surface area contributed by atoms with Crippen LogP contribution in [0.4, 0.5) is 5.69 Å². The highest BCUT2D eigenvalue weighted by Crippen LogP contribution is 2.28. The highest BCUT2D eigenvalue weighted by molar-refractivity contribution is 9.10. The summed E-state index contributed by atoms with van der Waals surface area (Å²) in [5.41, 5.74) is 1.62. The van der Waals surface area contributed by atoms with Gasteiger partial charge in [0.25, 0.3) is 17.7 Å². The largest absolute Gasteiger partial charge is 0.376 e. The van der Waals surface area contributed by atoms with Crippen molar-refractivity contribution in [3.63, 3.8) is 0 Å². The maximum absolute atomic E-state index is 12.7. The molecule has 6 nitrogen and oxygen atoms in total. The second-order valence-corrected chi connectivity index (χ2v) is 7.40. The fraction of sp³-hybridized carbons (Fsp3) is 0.250. The van der Waals surface area contributed by atoms with Crippen LogP contribution >= 0.6 is 15.9 Å². The second kappa shape index (κ2) is 7.25. The van der Waals surface area contributed by atoms with Gasteiger partial charge in [-0.3, -0.25) is 19.3 Å². The van der Waals surface area contributed by atoms with Crippen LogP contribution in [0.1, 0.15) is 43.9 Å². The van der Waals surface area contributed by atoms with Crippen molar-refractivity contribution < 1.29 is 19.1 Å². The number of hydrogen-bond acceptors (Lipinski definition) is 4. The molecule has 0 radical (unpaired) electrons. The minimum Gasteiger partial charge on any atom is -0.376 e. The summed E-state index contributed by atoms with van der Waals surface area (Å²) < 4.78 is 6.22. The van der Waals surface area contributed by atoms with Crippen molar-refractivity contribution >= 4 is 39.3 Å². The number of anilines is 1. The predicted molar refractivity (Wildman–Crippen MR) is 103 cm³/mol. The number of nitrogens with one attached hydrogen (secondary N) is 1. The van der Waals surface area contributed by atoms with Crippen molar-refractivity contribution in [2.75, 3.05) is 18.5 Å². The number of amides is 3. The van der Waals surface area contributed by atoms with Crippen LogP contribution in [0.5, 0.6) is 0 Å². The molecule has 2 aliphatic heterocycles. The van der Waals surface area contributed by atoms with Crippen LogP contribution in [-0.2, 0) is 4.74 Å². The highest BCUT2D eigenvalue weighted by atomic mass is 79.9. The Morgan fingerprint density at radius 1 is 1.15 bits per heavy atom. The first-order valence-corrected chi connectivity index (χ1v) is 9.51. The lowest BCUT2D eigenvalue weighted by Gasteiger charge is -2.17. The Bertz CT molecular complexity index is 937. The molecular formula is C20H17BrN2O4. The molecule has 2 aliphatic rings. The van der Waals surface area contributed by atoms with E-state index in [1.807, 2.05) is 6.07 Å². The smallest absolute Gasteiger partial charge is 0.261 e. The maximum Gasteiger partial charge on any atom is 0.261 e. The Hall–Kier alpha value is -2.51. The summed E-state index contributed by atoms with van der Waals surface area (Å²) >= 11 is 3.35. The maximum atomic E-state index is 12.7. The van der Waals surface area contributed by atoms with E-state index >= 15 is 0 Å². The SMILES string of the molecule is O=C(Nc1ccc2c(c1)C(=O)N(C[C@@H]1CCCO1)C2=O)c1ccccc1Br. The van der Waals surface area contributed by atoms with Crippen LogP contribution in [0.15, 0.2) is 46.9 Å². The first kappa shape index (κ1) is 17.9. The van der Waals surface area contributed by atoms with Gasteiger partial charge in [0.15, 0.2) is 0 Å². The van der Waals surface area contributed by atoms with Gasteiger partial charge in [-0.05, 0) is 59.1 Å². The molecule has 0 unspecified atom stereocenters. The normalized spacial score (nSPS) is 18.7. The van der Waals surface area contributed by atoms with Crippen molar-refractivity contribution in [2.24, 2.45) is 0 Å². The fourth-order valence-electron chi connectivity index (χ4n) is 3.37. The third-order valence-corrected chi connectivity index (χ3v) is 5.45. The Labute approximate surface area is 164 Å². The molecule has 4 rings (SSSR count). The molecule has 7 heteroatoms. The molecule has 27 heavy (non-hydrogen) atoms. The summed E-state index contributed by atoms with van der Waals surface area (Å²) in [6.07, 6.45) is 1.70. The number of carbonyl (C=O) groups excluding carboxylic acids is 3. The first-order valence-electron chi connectivity index (χ1n) is 8.72. The molecule has 0 aromatic heterocycles. The summed E-state index contributed by atoms with van der Waals surface area (Å²) in [5, 5.41) is 2.78. The van der Waals surface area contributed by atoms with E-state index in [4.69, 9.17) is 4.74 Å². The van der Waals surface area contributed by atoms with Gasteiger partial charge in [-0.1, -0.05) is 12.1 Å². The van der Waals surface area contributed by atoms with Gasteiger partial charge in [0.1, 0.15) is 0 Å². The van der Waals surface area contributed by atoms with E-state index in [1.54, 1.807) is 36.4 Å². The Kier molecular flexibility index (Phi) is 4.80. The van der Waals surface area contributed by atoms with Crippen molar-refractivity contribution in [1.82, 2.24) is 4.90 Å². The van der Waals surface area contributed by atoms with Gasteiger partial charge >= 0.3 is 0 Å². The summed E-state index contributed by atoms with van der Waals surface area (Å²) in [6, 6.07) is 11.8. The predicted octanol–water partition coefficient (Wildman–Crippen LogP) is 3.48. The third-order valence-electron chi connectivity index (χ3n) is 4.76. The Balaban J connectivity index is 1.54. The average Bonchev–Trinajstić information content (AvgIpc) is 3.25. The monoisotopic (exact) mass is 428 g/mol. The minimum absolute atomic E-state index is 0.0955. The molecule has 0 bridgehead atoms. The zero-order chi connectivity index (χ0) is 19.0. The summed E-state index contributed by atoms with van der Waals surface area (Å²) in [7, 11) is 0. The molecular weight excluding hydrogens is 412 g/mol. The van der Waals surface area contributed by atoms with Crippen molar-refractivity contribution in [3.8, 4) is 0 Å². The van der Waals surface area contributed by atoms with Crippen LogP contribution in [0.2, 0.25) is 0 Å². The zero-order valence-electron chi connectivity index (χ0n) is 14.4. The van der Waals surface area contributed by atoms with E-state index in [9.17, 15) is 14.4 Å². The number of hydrogen-bond donors (Lipinski definition) is 1. The molecule has 0 aliphatic carbocycles. The lowest BCUT2D eigenvalue weighted by atomic mass is 10.1. The lowest BCUT2D eigenvalue weighted by molar-refractivity contribution is 0.0475. The number of ether oxygens (including phenoxy) is 1. The van der Waals surface area contributed by atoms with Crippen LogP contribution in [0.3, 0.4) is 0 Å². The van der Waals surface area contributed by atoms with Crippen LogP contribution in [-0.4, -0.2) is 41.9 Å². The molecule has 2 aromatic rings. The van der Waals surface area contributed by atoms with E-state index in [0.717, 1.165) is 12.8 Å². The molecule has 1 N–H and O–H groups in total. The number of rotatable bonds is 4. The summed E-state index contributed by atoms with van der Waals surface area (Å²) in [5.74, 6) is -0.952. The van der Waals surface area contributed by atoms with Gasteiger partial charge in [-0.25, -0.2) is 0 Å². The van der Waals surface area contributed by atoms with E-state index in [0.29, 0.717) is 33.5 Å². The topological polar surface area (TPSA) is 75.7 Å². The van der Waals surface area contributed by atoms with Gasteiger partial charge in [0, 0.05) is 16.8 Å². The number of imide groups is 1. The van der Waals surface area contributed by atoms with Gasteiger partial charge < -0.3 is 10.1 Å². The average molecular weight is 429 g/mol. The number of fused-ring (bicyclic) bond motifs is 1. The molecule has 2 heterocycles. The lowest BCUT2D eigenvalue weighted by Crippen LogP contribution is -2.36. The number of halogens is 1. The highest BCUT2D eigenvalue weighted by Gasteiger charge is 2.37. The Morgan fingerprint density at radius 2 is 1.93 bits per heavy atom. The molecule has 0 saturated carbocycles. The molecule has 1 fully saturated rings. The van der Waals surface area contributed by atoms with Crippen molar-refractivity contribution in [3.05, 3.63) is 63.6 Å². The summed E-state index contributed by atoms with van der Waals surface area (Å²) in [6.45, 7) is 0.935. The van der Waals surface area contributed by atoms with E-state index < -0.39 is 0 Å². The quantitative estimate of drug-likeness (QED) is 0.756. The first-order chi connectivity index (χ1) is 13.0. The number of carbonyl (C=O) groups is 3. The molecule has 0 spiro atoms. The number of benzene rings is 2. The van der Waals surface area contributed by atoms with Gasteiger partial charge in [-0.2, -0.15) is 0 Å². The standard InChI is InChI=1S/C20H17BrN2O4/c21-17-6-2-1-5-15(17)18(24)22-12-7-8-14-16(10-12)20(26)23(19(14)25)11-13-4-3-9-27-13/h1-2,5-8,10,13H,3-4,9,11H2,(H,22,24)/t13-/m0/s1.